The Kier molecular flexibility index (Phi) is 5.11. The van der Waals surface area contributed by atoms with Gasteiger partial charge in [-0.15, -0.1) is 0 Å². The van der Waals surface area contributed by atoms with Crippen molar-refractivity contribution in [3.8, 4) is 0 Å². The maximum atomic E-state index is 12.0. The Morgan fingerprint density at radius 2 is 2.04 bits per heavy atom. The van der Waals surface area contributed by atoms with Gasteiger partial charge in [0, 0.05) is 49.7 Å². The molecule has 0 bridgehead atoms. The van der Waals surface area contributed by atoms with E-state index in [0.29, 0.717) is 24.6 Å². The molecule has 27 heavy (non-hydrogen) atoms. The topological polar surface area (TPSA) is 139 Å². The molecule has 1 amide bonds. The summed E-state index contributed by atoms with van der Waals surface area (Å²) in [7, 11) is 1.47. The largest absolute Gasteiger partial charge is 0.383 e. The van der Waals surface area contributed by atoms with E-state index >= 15 is 0 Å². The van der Waals surface area contributed by atoms with Gasteiger partial charge in [0.05, 0.1) is 10.5 Å². The quantitative estimate of drug-likeness (QED) is 0.320. The first-order chi connectivity index (χ1) is 13.0. The minimum atomic E-state index is -0.535. The van der Waals surface area contributed by atoms with Gasteiger partial charge in [-0.25, -0.2) is 4.98 Å². The van der Waals surface area contributed by atoms with Crippen molar-refractivity contribution in [3.63, 3.8) is 0 Å². The molecule has 3 rings (SSSR count). The number of anilines is 2. The third-order valence-corrected chi connectivity index (χ3v) is 3.81. The van der Waals surface area contributed by atoms with Gasteiger partial charge in [-0.2, -0.15) is 14.6 Å². The average molecular weight is 370 g/mol. The van der Waals surface area contributed by atoms with Crippen LogP contribution in [0.25, 0.3) is 5.78 Å². The van der Waals surface area contributed by atoms with E-state index in [1.54, 1.807) is 4.52 Å². The molecule has 0 fully saturated rings. The number of carbonyl (C=O) groups excluding carboxylic acids is 1. The number of hydrogen-bond donors (Lipinski definition) is 3. The van der Waals surface area contributed by atoms with Crippen LogP contribution in [0.5, 0.6) is 0 Å². The molecule has 0 spiro atoms. The van der Waals surface area contributed by atoms with Crippen molar-refractivity contribution in [2.24, 2.45) is 0 Å². The summed E-state index contributed by atoms with van der Waals surface area (Å²) in [5.74, 6) is 0.845. The molecule has 0 saturated heterocycles. The number of carbonyl (C=O) groups is 1. The molecule has 0 aliphatic carbocycles. The number of nitrogens with one attached hydrogen (secondary N) is 3. The fourth-order valence-electron chi connectivity index (χ4n) is 2.57. The van der Waals surface area contributed by atoms with Crippen molar-refractivity contribution >= 4 is 28.9 Å². The minimum Gasteiger partial charge on any atom is -0.383 e. The molecule has 3 aromatic rings. The third-order valence-electron chi connectivity index (χ3n) is 3.81. The summed E-state index contributed by atoms with van der Waals surface area (Å²) >= 11 is 0. The lowest BCUT2D eigenvalue weighted by molar-refractivity contribution is -0.384. The lowest BCUT2D eigenvalue weighted by atomic mass is 10.1. The van der Waals surface area contributed by atoms with Crippen LogP contribution in [0.1, 0.15) is 16.1 Å². The van der Waals surface area contributed by atoms with Crippen molar-refractivity contribution in [1.29, 1.82) is 0 Å². The molecule has 0 aliphatic rings. The van der Waals surface area contributed by atoms with E-state index < -0.39 is 10.8 Å². The van der Waals surface area contributed by atoms with E-state index in [2.05, 4.69) is 31.0 Å². The molecule has 1 aromatic carbocycles. The molecule has 2 heterocycles. The summed E-state index contributed by atoms with van der Waals surface area (Å²) in [4.78, 5) is 30.7. The normalized spacial score (nSPS) is 10.6. The average Bonchev–Trinajstić information content (AvgIpc) is 3.12. The summed E-state index contributed by atoms with van der Waals surface area (Å²) < 4.78 is 1.59. The summed E-state index contributed by atoms with van der Waals surface area (Å²) in [5, 5.41) is 23.9. The second-order valence-corrected chi connectivity index (χ2v) is 5.67. The lowest BCUT2D eigenvalue weighted by Gasteiger charge is -2.13. The molecule has 0 unspecified atom stereocenters. The van der Waals surface area contributed by atoms with Crippen LogP contribution >= 0.6 is 0 Å². The molecule has 0 atom stereocenters. The number of nitro benzene ring substituents is 1. The van der Waals surface area contributed by atoms with E-state index in [9.17, 15) is 14.9 Å². The summed E-state index contributed by atoms with van der Waals surface area (Å²) in [6.45, 7) is 2.85. The first-order valence-electron chi connectivity index (χ1n) is 8.15. The highest BCUT2D eigenvalue weighted by atomic mass is 16.6. The van der Waals surface area contributed by atoms with E-state index in [-0.39, 0.29) is 11.3 Å². The van der Waals surface area contributed by atoms with Crippen molar-refractivity contribution in [1.82, 2.24) is 24.9 Å². The van der Waals surface area contributed by atoms with Crippen molar-refractivity contribution < 1.29 is 9.72 Å². The Morgan fingerprint density at radius 3 is 2.78 bits per heavy atom. The Hall–Kier alpha value is -3.76. The Balaban J connectivity index is 1.69. The maximum absolute atomic E-state index is 12.0. The number of non-ortho nitro benzene ring substituents is 1. The summed E-state index contributed by atoms with van der Waals surface area (Å²) in [5.41, 5.74) is 1.39. The molecule has 11 heteroatoms. The molecule has 0 saturated carbocycles. The first-order valence-corrected chi connectivity index (χ1v) is 8.15. The number of aromatic nitrogens is 4. The number of rotatable bonds is 7. The Labute approximate surface area is 154 Å². The van der Waals surface area contributed by atoms with Gasteiger partial charge in [0.25, 0.3) is 17.4 Å². The maximum Gasteiger partial charge on any atom is 0.270 e. The van der Waals surface area contributed by atoms with Crippen molar-refractivity contribution in [2.75, 3.05) is 30.8 Å². The highest BCUT2D eigenvalue weighted by Gasteiger charge is 2.15. The molecule has 140 valence electrons. The van der Waals surface area contributed by atoms with E-state index in [0.717, 1.165) is 11.5 Å². The van der Waals surface area contributed by atoms with E-state index in [1.165, 1.54) is 31.6 Å². The Morgan fingerprint density at radius 1 is 1.26 bits per heavy atom. The van der Waals surface area contributed by atoms with Gasteiger partial charge in [-0.3, -0.25) is 14.9 Å². The predicted octanol–water partition coefficient (Wildman–Crippen LogP) is 1.22. The third kappa shape index (κ3) is 3.92. The zero-order chi connectivity index (χ0) is 19.4. The number of amides is 1. The van der Waals surface area contributed by atoms with Crippen molar-refractivity contribution in [3.05, 3.63) is 52.0 Å². The number of nitrogens with zero attached hydrogens (tertiary/aromatic N) is 5. The summed E-state index contributed by atoms with van der Waals surface area (Å²) in [6, 6.07) is 5.98. The zero-order valence-corrected chi connectivity index (χ0v) is 14.8. The van der Waals surface area contributed by atoms with Crippen LogP contribution in [0.4, 0.5) is 17.2 Å². The van der Waals surface area contributed by atoms with E-state index in [1.807, 2.05) is 13.0 Å². The number of aryl methyl sites for hydroxylation is 1. The van der Waals surface area contributed by atoms with Gasteiger partial charge in [-0.05, 0) is 13.0 Å². The van der Waals surface area contributed by atoms with Crippen LogP contribution in [0.3, 0.4) is 0 Å². The SMILES string of the molecule is CNC(=O)c1cc([N+](=O)[O-])ccc1NCCNc1cc(C)nc2ncnn12. The van der Waals surface area contributed by atoms with Gasteiger partial charge in [0.1, 0.15) is 12.1 Å². The van der Waals surface area contributed by atoms with Gasteiger partial charge in [0.2, 0.25) is 0 Å². The van der Waals surface area contributed by atoms with Crippen LogP contribution in [-0.2, 0) is 0 Å². The standard InChI is InChI=1S/C16H18N8O3/c1-10-7-14(23-16(22-10)20-9-21-23)19-6-5-18-13-4-3-11(24(26)27)8-12(13)15(25)17-2/h3-4,7-9,18-19H,5-6H2,1-2H3,(H,17,25). The van der Waals surface area contributed by atoms with Crippen LogP contribution in [0.2, 0.25) is 0 Å². The fourth-order valence-corrected chi connectivity index (χ4v) is 2.57. The number of fused-ring (bicyclic) bond motifs is 1. The first kappa shape index (κ1) is 18.0. The van der Waals surface area contributed by atoms with Crippen LogP contribution < -0.4 is 16.0 Å². The smallest absolute Gasteiger partial charge is 0.270 e. The van der Waals surface area contributed by atoms with Crippen LogP contribution in [-0.4, -0.2) is 50.5 Å². The predicted molar refractivity (Wildman–Crippen MR) is 99.0 cm³/mol. The van der Waals surface area contributed by atoms with Gasteiger partial charge >= 0.3 is 0 Å². The van der Waals surface area contributed by atoms with Crippen LogP contribution in [0.15, 0.2) is 30.6 Å². The molecule has 11 nitrogen and oxygen atoms in total. The second kappa shape index (κ2) is 7.64. The van der Waals surface area contributed by atoms with Gasteiger partial charge < -0.3 is 16.0 Å². The minimum absolute atomic E-state index is 0.141. The molecule has 3 N–H and O–H groups in total. The highest BCUT2D eigenvalue weighted by Crippen LogP contribution is 2.22. The number of hydrogen-bond acceptors (Lipinski definition) is 8. The van der Waals surface area contributed by atoms with Crippen molar-refractivity contribution in [2.45, 2.75) is 6.92 Å². The second-order valence-electron chi connectivity index (χ2n) is 5.67. The number of nitro groups is 1. The number of benzene rings is 1. The highest BCUT2D eigenvalue weighted by molar-refractivity contribution is 6.00. The summed E-state index contributed by atoms with van der Waals surface area (Å²) in [6.07, 6.45) is 1.43. The van der Waals surface area contributed by atoms with Gasteiger partial charge in [-0.1, -0.05) is 0 Å². The molecule has 0 radical (unpaired) electrons. The zero-order valence-electron chi connectivity index (χ0n) is 14.8. The van der Waals surface area contributed by atoms with Gasteiger partial charge in [0.15, 0.2) is 0 Å². The Bertz CT molecular complexity index is 1000. The molecular weight excluding hydrogens is 352 g/mol. The fraction of sp³-hybridized carbons (Fsp3) is 0.250. The van der Waals surface area contributed by atoms with Crippen LogP contribution in [0, 0.1) is 17.0 Å². The molecular formula is C16H18N8O3. The lowest BCUT2D eigenvalue weighted by Crippen LogP contribution is -2.22. The molecule has 2 aromatic heterocycles. The monoisotopic (exact) mass is 370 g/mol. The molecule has 0 aliphatic heterocycles. The van der Waals surface area contributed by atoms with E-state index in [4.69, 9.17) is 0 Å².